The monoisotopic (exact) mass is 547 g/mol. The summed E-state index contributed by atoms with van der Waals surface area (Å²) in [7, 11) is 0. The van der Waals surface area contributed by atoms with E-state index in [-0.39, 0.29) is 24.1 Å². The van der Waals surface area contributed by atoms with Gasteiger partial charge in [0.1, 0.15) is 0 Å². The van der Waals surface area contributed by atoms with E-state index in [0.29, 0.717) is 43.3 Å². The van der Waals surface area contributed by atoms with Crippen molar-refractivity contribution in [2.75, 3.05) is 36.5 Å². The van der Waals surface area contributed by atoms with Gasteiger partial charge in [-0.2, -0.15) is 13.2 Å². The number of Topliss-reactive ketones (excluding diaryl/α,β-unsaturated/α-hetero) is 1. The van der Waals surface area contributed by atoms with E-state index in [0.717, 1.165) is 28.8 Å². The average molecular weight is 548 g/mol. The number of carbonyl (C=O) groups is 1. The van der Waals surface area contributed by atoms with Crippen molar-refractivity contribution < 1.29 is 27.1 Å². The van der Waals surface area contributed by atoms with Crippen LogP contribution in [-0.4, -0.2) is 54.2 Å². The largest absolute Gasteiger partial charge is 0.416 e. The molecule has 1 aromatic heterocycles. The molecule has 0 saturated carbocycles. The summed E-state index contributed by atoms with van der Waals surface area (Å²) in [5, 5.41) is 11.1. The summed E-state index contributed by atoms with van der Waals surface area (Å²) in [6.07, 6.45) is -5.37. The number of hydrogen-bond acceptors (Lipinski definition) is 8. The van der Waals surface area contributed by atoms with Crippen molar-refractivity contribution in [1.82, 2.24) is 10.2 Å². The molecule has 2 aliphatic rings. The van der Waals surface area contributed by atoms with Crippen LogP contribution in [0.15, 0.2) is 82.2 Å². The number of hydrogen-bond donors (Lipinski definition) is 1. The number of morpholine rings is 1. The summed E-state index contributed by atoms with van der Waals surface area (Å²) in [5.41, 5.74) is 3.10. The molecule has 11 heteroatoms. The first-order valence-corrected chi connectivity index (χ1v) is 12.8. The van der Waals surface area contributed by atoms with Crippen LogP contribution in [0.2, 0.25) is 0 Å². The molecule has 0 aliphatic carbocycles. The van der Waals surface area contributed by atoms with E-state index in [1.165, 1.54) is 6.07 Å². The maximum atomic E-state index is 13.5. The Kier molecular flexibility index (Phi) is 6.81. The van der Waals surface area contributed by atoms with Crippen LogP contribution in [0.3, 0.4) is 0 Å². The van der Waals surface area contributed by atoms with Crippen LogP contribution >= 0.6 is 0 Å². The molecule has 0 bridgehead atoms. The minimum atomic E-state index is -4.51. The molecule has 204 valence electrons. The number of aliphatic imine (C=N–C) groups is 1. The quantitative estimate of drug-likeness (QED) is 0.376. The summed E-state index contributed by atoms with van der Waals surface area (Å²) in [4.78, 5) is 19.8. The zero-order valence-corrected chi connectivity index (χ0v) is 21.2. The molecule has 1 unspecified atom stereocenters. The maximum Gasteiger partial charge on any atom is 0.416 e. The molecule has 4 aromatic rings. The van der Waals surface area contributed by atoms with Crippen LogP contribution in [0.4, 0.5) is 24.9 Å². The van der Waals surface area contributed by atoms with Gasteiger partial charge in [-0.15, -0.1) is 5.10 Å². The zero-order chi connectivity index (χ0) is 27.7. The van der Waals surface area contributed by atoms with Gasteiger partial charge in [-0.25, -0.2) is 0 Å². The summed E-state index contributed by atoms with van der Waals surface area (Å²) >= 11 is 0. The van der Waals surface area contributed by atoms with Crippen molar-refractivity contribution in [2.45, 2.75) is 18.8 Å². The number of benzene rings is 3. The Bertz CT molecular complexity index is 1560. The molecule has 1 fully saturated rings. The third-order valence-corrected chi connectivity index (χ3v) is 6.84. The SMILES string of the molecule is O=C1Cc2ccccc2C(c2ccccc2)=NC1Nc1nnc(-c2ccc(C(F)(F)F)cc2N2CCOCC2)o1. The Labute approximate surface area is 227 Å². The van der Waals surface area contributed by atoms with E-state index in [9.17, 15) is 18.0 Å². The first-order chi connectivity index (χ1) is 19.4. The first-order valence-electron chi connectivity index (χ1n) is 12.8. The van der Waals surface area contributed by atoms with Gasteiger partial charge in [-0.3, -0.25) is 9.79 Å². The second-order valence-electron chi connectivity index (χ2n) is 9.43. The van der Waals surface area contributed by atoms with E-state index in [1.807, 2.05) is 54.6 Å². The molecule has 0 amide bonds. The lowest BCUT2D eigenvalue weighted by Crippen LogP contribution is -2.36. The van der Waals surface area contributed by atoms with Gasteiger partial charge in [0.2, 0.25) is 0 Å². The number of fused-ring (bicyclic) bond motifs is 1. The van der Waals surface area contributed by atoms with Crippen molar-refractivity contribution in [3.8, 4) is 11.5 Å². The fraction of sp³-hybridized carbons (Fsp3) is 0.241. The van der Waals surface area contributed by atoms with Gasteiger partial charge in [0.25, 0.3) is 5.89 Å². The van der Waals surface area contributed by atoms with E-state index < -0.39 is 17.9 Å². The highest BCUT2D eigenvalue weighted by molar-refractivity contribution is 6.16. The van der Waals surface area contributed by atoms with Gasteiger partial charge in [0.05, 0.1) is 35.7 Å². The molecule has 6 rings (SSSR count). The van der Waals surface area contributed by atoms with Gasteiger partial charge >= 0.3 is 12.2 Å². The van der Waals surface area contributed by atoms with Gasteiger partial charge in [0.15, 0.2) is 11.9 Å². The summed E-state index contributed by atoms with van der Waals surface area (Å²) in [6, 6.07) is 20.5. The molecule has 0 spiro atoms. The van der Waals surface area contributed by atoms with E-state index in [1.54, 1.807) is 4.90 Å². The van der Waals surface area contributed by atoms with Crippen LogP contribution in [0.1, 0.15) is 22.3 Å². The Balaban J connectivity index is 1.34. The third kappa shape index (κ3) is 5.20. The van der Waals surface area contributed by atoms with Crippen molar-refractivity contribution >= 4 is 23.2 Å². The fourth-order valence-electron chi connectivity index (χ4n) is 4.86. The van der Waals surface area contributed by atoms with Crippen molar-refractivity contribution in [1.29, 1.82) is 0 Å². The molecule has 3 aromatic carbocycles. The normalized spacial score (nSPS) is 17.7. The fourth-order valence-corrected chi connectivity index (χ4v) is 4.86. The van der Waals surface area contributed by atoms with E-state index >= 15 is 0 Å². The highest BCUT2D eigenvalue weighted by Gasteiger charge is 2.33. The number of nitrogens with one attached hydrogen (secondary N) is 1. The lowest BCUT2D eigenvalue weighted by atomic mass is 9.96. The van der Waals surface area contributed by atoms with E-state index in [4.69, 9.17) is 14.1 Å². The van der Waals surface area contributed by atoms with Crippen LogP contribution in [0.25, 0.3) is 11.5 Å². The van der Waals surface area contributed by atoms with Gasteiger partial charge < -0.3 is 19.4 Å². The molecule has 2 aliphatic heterocycles. The Morgan fingerprint density at radius 1 is 0.900 bits per heavy atom. The number of carbonyl (C=O) groups excluding carboxylic acids is 1. The molecule has 1 atom stereocenters. The van der Waals surface area contributed by atoms with Gasteiger partial charge in [-0.1, -0.05) is 59.7 Å². The smallest absolute Gasteiger partial charge is 0.403 e. The number of nitrogens with zero attached hydrogens (tertiary/aromatic N) is 4. The third-order valence-electron chi connectivity index (χ3n) is 6.84. The lowest BCUT2D eigenvalue weighted by Gasteiger charge is -2.30. The van der Waals surface area contributed by atoms with Crippen molar-refractivity contribution in [3.63, 3.8) is 0 Å². The van der Waals surface area contributed by atoms with E-state index in [2.05, 4.69) is 15.5 Å². The highest BCUT2D eigenvalue weighted by Crippen LogP contribution is 2.38. The zero-order valence-electron chi connectivity index (χ0n) is 21.2. The summed E-state index contributed by atoms with van der Waals surface area (Å²) < 4.78 is 51.7. The molecule has 1 saturated heterocycles. The lowest BCUT2D eigenvalue weighted by molar-refractivity contribution is -0.137. The Morgan fingerprint density at radius 3 is 2.42 bits per heavy atom. The summed E-state index contributed by atoms with van der Waals surface area (Å²) in [5.74, 6) is -0.170. The number of ketones is 1. The average Bonchev–Trinajstić information content (AvgIpc) is 3.38. The Morgan fingerprint density at radius 2 is 1.65 bits per heavy atom. The standard InChI is InChI=1S/C29H24F3N5O3/c30-29(31,32)20-10-11-22(23(17-20)37-12-14-39-15-13-37)27-35-36-28(40-27)34-26-24(38)16-19-8-4-5-9-21(19)25(33-26)18-6-2-1-3-7-18/h1-11,17,26H,12-16H2,(H,34,36). The number of aromatic nitrogens is 2. The first kappa shape index (κ1) is 25.8. The maximum absolute atomic E-state index is 13.5. The number of halogens is 3. The second-order valence-corrected chi connectivity index (χ2v) is 9.43. The molecule has 40 heavy (non-hydrogen) atoms. The van der Waals surface area contributed by atoms with Crippen LogP contribution < -0.4 is 10.2 Å². The topological polar surface area (TPSA) is 92.9 Å². The minimum Gasteiger partial charge on any atom is -0.403 e. The highest BCUT2D eigenvalue weighted by atomic mass is 19.4. The van der Waals surface area contributed by atoms with Gasteiger partial charge in [-0.05, 0) is 23.8 Å². The van der Waals surface area contributed by atoms with Crippen molar-refractivity contribution in [2.24, 2.45) is 4.99 Å². The number of ether oxygens (including phenoxy) is 1. The molecule has 3 heterocycles. The molecule has 0 radical (unpaired) electrons. The number of anilines is 2. The number of rotatable bonds is 5. The minimum absolute atomic E-state index is 0.0225. The van der Waals surface area contributed by atoms with Gasteiger partial charge in [0, 0.05) is 30.6 Å². The number of alkyl halides is 3. The van der Waals surface area contributed by atoms with Crippen molar-refractivity contribution in [3.05, 3.63) is 95.1 Å². The molecule has 8 nitrogen and oxygen atoms in total. The Hall–Kier alpha value is -4.51. The van der Waals surface area contributed by atoms with Crippen LogP contribution in [0, 0.1) is 0 Å². The van der Waals surface area contributed by atoms with Crippen LogP contribution in [-0.2, 0) is 22.1 Å². The van der Waals surface area contributed by atoms with Crippen LogP contribution in [0.5, 0.6) is 0 Å². The second kappa shape index (κ2) is 10.6. The molecular weight excluding hydrogens is 523 g/mol. The molecule has 1 N–H and O–H groups in total. The predicted molar refractivity (Wildman–Crippen MR) is 142 cm³/mol. The predicted octanol–water partition coefficient (Wildman–Crippen LogP) is 4.99. The molecular formula is C29H24F3N5O3. The summed E-state index contributed by atoms with van der Waals surface area (Å²) in [6.45, 7) is 1.61.